The van der Waals surface area contributed by atoms with Crippen molar-refractivity contribution < 1.29 is 0 Å². The Morgan fingerprint density at radius 2 is 2.12 bits per heavy atom. The molecule has 86 valence electrons. The largest absolute Gasteiger partial charge is 0.325 e. The lowest BCUT2D eigenvalue weighted by molar-refractivity contribution is 0.934. The van der Waals surface area contributed by atoms with Gasteiger partial charge in [-0.3, -0.25) is 5.10 Å². The van der Waals surface area contributed by atoms with Crippen LogP contribution in [0.15, 0.2) is 35.8 Å². The standard InChI is InChI=1S/C13H13N3S/c14-6-12-9(7-15-16-12)5-10-8-17-13-4-2-1-3-11(10)13/h1-4,7-8H,5-6,14H2,(H,15,16). The number of H-pyrrole nitrogens is 1. The summed E-state index contributed by atoms with van der Waals surface area (Å²) in [6.45, 7) is 0.511. The second-order valence-electron chi connectivity index (χ2n) is 4.01. The predicted molar refractivity (Wildman–Crippen MR) is 71.1 cm³/mol. The first-order valence-electron chi connectivity index (χ1n) is 5.55. The minimum atomic E-state index is 0.511. The lowest BCUT2D eigenvalue weighted by atomic mass is 10.0. The molecule has 0 fully saturated rings. The van der Waals surface area contributed by atoms with Crippen LogP contribution in [-0.2, 0) is 13.0 Å². The summed E-state index contributed by atoms with van der Waals surface area (Å²) >= 11 is 1.79. The Morgan fingerprint density at radius 3 is 3.00 bits per heavy atom. The van der Waals surface area contributed by atoms with Gasteiger partial charge in [-0.2, -0.15) is 5.10 Å². The van der Waals surface area contributed by atoms with Crippen LogP contribution >= 0.6 is 11.3 Å². The molecule has 0 saturated carbocycles. The van der Waals surface area contributed by atoms with Crippen LogP contribution in [0.3, 0.4) is 0 Å². The first-order valence-corrected chi connectivity index (χ1v) is 6.42. The molecule has 2 heterocycles. The van der Waals surface area contributed by atoms with Crippen molar-refractivity contribution in [2.75, 3.05) is 0 Å². The first kappa shape index (κ1) is 10.5. The number of thiophene rings is 1. The highest BCUT2D eigenvalue weighted by molar-refractivity contribution is 7.17. The summed E-state index contributed by atoms with van der Waals surface area (Å²) in [7, 11) is 0. The maximum Gasteiger partial charge on any atom is 0.0526 e. The fourth-order valence-electron chi connectivity index (χ4n) is 2.04. The lowest BCUT2D eigenvalue weighted by Crippen LogP contribution is -2.00. The normalized spacial score (nSPS) is 11.1. The zero-order valence-electron chi connectivity index (χ0n) is 9.31. The van der Waals surface area contributed by atoms with Crippen molar-refractivity contribution in [1.29, 1.82) is 0 Å². The van der Waals surface area contributed by atoms with Crippen molar-refractivity contribution in [1.82, 2.24) is 10.2 Å². The predicted octanol–water partition coefficient (Wildman–Crippen LogP) is 2.67. The molecule has 0 amide bonds. The molecule has 2 aromatic heterocycles. The lowest BCUT2D eigenvalue weighted by Gasteiger charge is -2.00. The molecule has 0 bridgehead atoms. The average molecular weight is 243 g/mol. The molecule has 3 rings (SSSR count). The molecular formula is C13H13N3S. The van der Waals surface area contributed by atoms with Gasteiger partial charge in [-0.1, -0.05) is 18.2 Å². The van der Waals surface area contributed by atoms with Gasteiger partial charge < -0.3 is 5.73 Å². The highest BCUT2D eigenvalue weighted by atomic mass is 32.1. The summed E-state index contributed by atoms with van der Waals surface area (Å²) in [5.41, 5.74) is 9.24. The number of hydrogen-bond donors (Lipinski definition) is 2. The zero-order chi connectivity index (χ0) is 11.7. The van der Waals surface area contributed by atoms with E-state index in [2.05, 4.69) is 39.8 Å². The quantitative estimate of drug-likeness (QED) is 0.743. The monoisotopic (exact) mass is 243 g/mol. The van der Waals surface area contributed by atoms with Crippen molar-refractivity contribution in [2.24, 2.45) is 5.73 Å². The SMILES string of the molecule is NCc1[nH]ncc1Cc1csc2ccccc12. The molecule has 0 spiro atoms. The number of hydrogen-bond acceptors (Lipinski definition) is 3. The Kier molecular flexibility index (Phi) is 2.66. The van der Waals surface area contributed by atoms with Crippen LogP contribution in [0.1, 0.15) is 16.8 Å². The molecule has 3 nitrogen and oxygen atoms in total. The van der Waals surface area contributed by atoms with Gasteiger partial charge >= 0.3 is 0 Å². The average Bonchev–Trinajstić information content (AvgIpc) is 2.97. The second-order valence-corrected chi connectivity index (χ2v) is 4.92. The van der Waals surface area contributed by atoms with E-state index in [1.807, 2.05) is 6.20 Å². The molecule has 0 radical (unpaired) electrons. The van der Waals surface area contributed by atoms with Gasteiger partial charge in [-0.15, -0.1) is 11.3 Å². The molecule has 0 unspecified atom stereocenters. The van der Waals surface area contributed by atoms with E-state index in [1.54, 1.807) is 11.3 Å². The third kappa shape index (κ3) is 1.85. The van der Waals surface area contributed by atoms with Crippen molar-refractivity contribution >= 4 is 21.4 Å². The molecule has 3 N–H and O–H groups in total. The maximum atomic E-state index is 5.67. The molecule has 0 atom stereocenters. The van der Waals surface area contributed by atoms with Gasteiger partial charge in [0.25, 0.3) is 0 Å². The van der Waals surface area contributed by atoms with Crippen LogP contribution in [-0.4, -0.2) is 10.2 Å². The van der Waals surface area contributed by atoms with Gasteiger partial charge in [0.2, 0.25) is 0 Å². The van der Waals surface area contributed by atoms with E-state index in [9.17, 15) is 0 Å². The van der Waals surface area contributed by atoms with Gasteiger partial charge in [-0.05, 0) is 28.0 Å². The number of nitrogens with zero attached hydrogens (tertiary/aromatic N) is 1. The van der Waals surface area contributed by atoms with Crippen molar-refractivity contribution in [3.63, 3.8) is 0 Å². The van der Waals surface area contributed by atoms with E-state index in [-0.39, 0.29) is 0 Å². The smallest absolute Gasteiger partial charge is 0.0526 e. The minimum absolute atomic E-state index is 0.511. The molecule has 0 aliphatic heterocycles. The molecular weight excluding hydrogens is 230 g/mol. The molecule has 4 heteroatoms. The van der Waals surface area contributed by atoms with Crippen LogP contribution < -0.4 is 5.73 Å². The van der Waals surface area contributed by atoms with E-state index in [0.717, 1.165) is 12.1 Å². The van der Waals surface area contributed by atoms with Crippen LogP contribution in [0.25, 0.3) is 10.1 Å². The minimum Gasteiger partial charge on any atom is -0.325 e. The second kappa shape index (κ2) is 4.31. The van der Waals surface area contributed by atoms with Crippen LogP contribution in [0.5, 0.6) is 0 Å². The van der Waals surface area contributed by atoms with Crippen LogP contribution in [0.2, 0.25) is 0 Å². The molecule has 0 saturated heterocycles. The Labute approximate surface area is 103 Å². The van der Waals surface area contributed by atoms with Crippen molar-refractivity contribution in [2.45, 2.75) is 13.0 Å². The van der Waals surface area contributed by atoms with E-state index in [1.165, 1.54) is 21.2 Å². The van der Waals surface area contributed by atoms with Gasteiger partial charge in [0.1, 0.15) is 0 Å². The third-order valence-corrected chi connectivity index (χ3v) is 3.97. The zero-order valence-corrected chi connectivity index (χ0v) is 10.1. The number of aromatic nitrogens is 2. The summed E-state index contributed by atoms with van der Waals surface area (Å²) in [4.78, 5) is 0. The van der Waals surface area contributed by atoms with Crippen LogP contribution in [0.4, 0.5) is 0 Å². The summed E-state index contributed by atoms with van der Waals surface area (Å²) in [6.07, 6.45) is 2.77. The van der Waals surface area contributed by atoms with Gasteiger partial charge in [0.05, 0.1) is 11.9 Å². The highest BCUT2D eigenvalue weighted by Gasteiger charge is 2.08. The molecule has 1 aromatic carbocycles. The summed E-state index contributed by atoms with van der Waals surface area (Å²) in [5.74, 6) is 0. The highest BCUT2D eigenvalue weighted by Crippen LogP contribution is 2.27. The van der Waals surface area contributed by atoms with Crippen molar-refractivity contribution in [3.8, 4) is 0 Å². The van der Waals surface area contributed by atoms with E-state index in [4.69, 9.17) is 5.73 Å². The molecule has 0 aliphatic rings. The number of fused-ring (bicyclic) bond motifs is 1. The summed E-state index contributed by atoms with van der Waals surface area (Å²) in [6, 6.07) is 8.48. The topological polar surface area (TPSA) is 54.7 Å². The maximum absolute atomic E-state index is 5.67. The number of aromatic amines is 1. The Morgan fingerprint density at radius 1 is 1.24 bits per heavy atom. The number of benzene rings is 1. The molecule has 17 heavy (non-hydrogen) atoms. The molecule has 0 aliphatic carbocycles. The first-order chi connectivity index (χ1) is 8.38. The fourth-order valence-corrected chi connectivity index (χ4v) is 3.00. The van der Waals surface area contributed by atoms with Gasteiger partial charge in [-0.25, -0.2) is 0 Å². The van der Waals surface area contributed by atoms with E-state index in [0.29, 0.717) is 6.54 Å². The number of rotatable bonds is 3. The van der Waals surface area contributed by atoms with Gasteiger partial charge in [0, 0.05) is 17.7 Å². The summed E-state index contributed by atoms with van der Waals surface area (Å²) in [5, 5.41) is 10.6. The fraction of sp³-hybridized carbons (Fsp3) is 0.154. The Bertz CT molecular complexity index is 639. The third-order valence-electron chi connectivity index (χ3n) is 2.95. The van der Waals surface area contributed by atoms with Crippen LogP contribution in [0, 0.1) is 0 Å². The van der Waals surface area contributed by atoms with Gasteiger partial charge in [0.15, 0.2) is 0 Å². The summed E-state index contributed by atoms with van der Waals surface area (Å²) < 4.78 is 1.33. The van der Waals surface area contributed by atoms with E-state index < -0.39 is 0 Å². The number of nitrogens with two attached hydrogens (primary N) is 1. The number of nitrogens with one attached hydrogen (secondary N) is 1. The van der Waals surface area contributed by atoms with E-state index >= 15 is 0 Å². The Balaban J connectivity index is 2.00. The Hall–Kier alpha value is -1.65. The molecule has 3 aromatic rings. The van der Waals surface area contributed by atoms with Crippen molar-refractivity contribution in [3.05, 3.63) is 52.7 Å².